The maximum Gasteiger partial charge on any atom is 0.421 e. The Labute approximate surface area is 154 Å². The van der Waals surface area contributed by atoms with Gasteiger partial charge >= 0.3 is 6.18 Å². The smallest absolute Gasteiger partial charge is 0.371 e. The highest BCUT2D eigenvalue weighted by atomic mass is 19.4. The van der Waals surface area contributed by atoms with E-state index in [1.54, 1.807) is 6.07 Å². The highest BCUT2D eigenvalue weighted by Gasteiger charge is 2.34. The number of carbonyl (C=O) groups excluding carboxylic acids is 1. The zero-order chi connectivity index (χ0) is 19.6. The van der Waals surface area contributed by atoms with Crippen LogP contribution in [0.1, 0.15) is 24.0 Å². The van der Waals surface area contributed by atoms with Crippen LogP contribution in [0.5, 0.6) is 0 Å². The van der Waals surface area contributed by atoms with Crippen molar-refractivity contribution in [3.63, 3.8) is 0 Å². The molecule has 0 atom stereocenters. The van der Waals surface area contributed by atoms with Gasteiger partial charge in [0.1, 0.15) is 12.1 Å². The number of nitrogens with zero attached hydrogens (tertiary/aromatic N) is 2. The van der Waals surface area contributed by atoms with Gasteiger partial charge in [-0.3, -0.25) is 9.59 Å². The summed E-state index contributed by atoms with van der Waals surface area (Å²) in [5, 5.41) is 2.64. The van der Waals surface area contributed by atoms with E-state index in [0.717, 1.165) is 47.8 Å². The van der Waals surface area contributed by atoms with E-state index in [4.69, 9.17) is 0 Å². The van der Waals surface area contributed by atoms with Crippen LogP contribution >= 0.6 is 0 Å². The van der Waals surface area contributed by atoms with Crippen molar-refractivity contribution in [2.75, 3.05) is 23.3 Å². The van der Waals surface area contributed by atoms with Crippen LogP contribution in [0.3, 0.4) is 0 Å². The maximum absolute atomic E-state index is 12.8. The van der Waals surface area contributed by atoms with Crippen LogP contribution in [-0.4, -0.2) is 23.6 Å². The molecule has 0 unspecified atom stereocenters. The fourth-order valence-corrected chi connectivity index (χ4v) is 3.28. The second-order valence-corrected chi connectivity index (χ2v) is 6.60. The van der Waals surface area contributed by atoms with Crippen LogP contribution in [0.2, 0.25) is 0 Å². The van der Waals surface area contributed by atoms with Crippen molar-refractivity contribution in [2.24, 2.45) is 0 Å². The number of aromatic nitrogens is 1. The van der Waals surface area contributed by atoms with Gasteiger partial charge in [0.25, 0.3) is 5.56 Å². The van der Waals surface area contributed by atoms with Gasteiger partial charge in [0.2, 0.25) is 5.91 Å². The van der Waals surface area contributed by atoms with Gasteiger partial charge in [0.15, 0.2) is 0 Å². The summed E-state index contributed by atoms with van der Waals surface area (Å²) in [5.74, 6) is -0.565. The molecule has 1 aromatic heterocycles. The van der Waals surface area contributed by atoms with E-state index < -0.39 is 29.8 Å². The molecule has 27 heavy (non-hydrogen) atoms. The minimum atomic E-state index is -4.75. The molecule has 1 N–H and O–H groups in total. The molecule has 1 aromatic carbocycles. The standard InChI is InChI=1S/C19H20F3N3O2/c1-13-11-14(6-7-16(13)24-8-2-3-9-24)23-17(26)12-25-10-4-5-15(18(25)27)19(20,21)22/h4-7,10-11H,2-3,8-9,12H2,1H3,(H,23,26). The summed E-state index contributed by atoms with van der Waals surface area (Å²) >= 11 is 0. The highest BCUT2D eigenvalue weighted by molar-refractivity contribution is 5.91. The van der Waals surface area contributed by atoms with Crippen molar-refractivity contribution >= 4 is 17.3 Å². The Morgan fingerprint density at radius 2 is 1.89 bits per heavy atom. The lowest BCUT2D eigenvalue weighted by molar-refractivity contribution is -0.139. The van der Waals surface area contributed by atoms with E-state index in [9.17, 15) is 22.8 Å². The van der Waals surface area contributed by atoms with Crippen LogP contribution in [0.15, 0.2) is 41.3 Å². The number of alkyl halides is 3. The van der Waals surface area contributed by atoms with Gasteiger partial charge in [-0.2, -0.15) is 13.2 Å². The number of anilines is 2. The second kappa shape index (κ2) is 7.46. The molecule has 1 fully saturated rings. The number of pyridine rings is 1. The average Bonchev–Trinajstić information content (AvgIpc) is 3.10. The van der Waals surface area contributed by atoms with Crippen molar-refractivity contribution in [1.82, 2.24) is 4.57 Å². The second-order valence-electron chi connectivity index (χ2n) is 6.60. The van der Waals surface area contributed by atoms with Crippen LogP contribution in [0, 0.1) is 6.92 Å². The molecule has 1 aliphatic rings. The number of nitrogens with one attached hydrogen (secondary N) is 1. The van der Waals surface area contributed by atoms with Crippen molar-refractivity contribution in [2.45, 2.75) is 32.5 Å². The molecular formula is C19H20F3N3O2. The summed E-state index contributed by atoms with van der Waals surface area (Å²) < 4.78 is 39.2. The Hall–Kier alpha value is -2.77. The predicted octanol–water partition coefficient (Wildman–Crippen LogP) is 3.41. The quantitative estimate of drug-likeness (QED) is 0.886. The number of benzene rings is 1. The Bertz CT molecular complexity index is 900. The highest BCUT2D eigenvalue weighted by Crippen LogP contribution is 2.27. The molecule has 1 amide bonds. The third-order valence-electron chi connectivity index (χ3n) is 4.57. The van der Waals surface area contributed by atoms with Gasteiger partial charge in [-0.1, -0.05) is 0 Å². The first-order chi connectivity index (χ1) is 12.8. The summed E-state index contributed by atoms with van der Waals surface area (Å²) in [6.45, 7) is 3.46. The Morgan fingerprint density at radius 1 is 1.19 bits per heavy atom. The molecule has 0 aliphatic carbocycles. The van der Waals surface area contributed by atoms with E-state index in [1.807, 2.05) is 19.1 Å². The van der Waals surface area contributed by atoms with Gasteiger partial charge in [0.05, 0.1) is 0 Å². The number of aryl methyl sites for hydroxylation is 1. The Kier molecular flexibility index (Phi) is 5.25. The van der Waals surface area contributed by atoms with Crippen molar-refractivity contribution < 1.29 is 18.0 Å². The van der Waals surface area contributed by atoms with E-state index in [1.165, 1.54) is 6.20 Å². The van der Waals surface area contributed by atoms with Gasteiger partial charge in [-0.25, -0.2) is 0 Å². The minimum absolute atomic E-state index is 0.490. The molecular weight excluding hydrogens is 359 g/mol. The molecule has 144 valence electrons. The first kappa shape index (κ1) is 19.0. The molecule has 0 saturated carbocycles. The molecule has 1 saturated heterocycles. The van der Waals surface area contributed by atoms with Crippen molar-refractivity contribution in [3.8, 4) is 0 Å². The molecule has 3 rings (SSSR count). The number of halogens is 3. The van der Waals surface area contributed by atoms with Gasteiger partial charge < -0.3 is 14.8 Å². The van der Waals surface area contributed by atoms with Crippen molar-refractivity contribution in [3.05, 3.63) is 58.0 Å². The SMILES string of the molecule is Cc1cc(NC(=O)Cn2cccc(C(F)(F)F)c2=O)ccc1N1CCCC1. The van der Waals surface area contributed by atoms with E-state index in [-0.39, 0.29) is 0 Å². The fraction of sp³-hybridized carbons (Fsp3) is 0.368. The molecule has 1 aliphatic heterocycles. The van der Waals surface area contributed by atoms with Crippen LogP contribution in [0.25, 0.3) is 0 Å². The maximum atomic E-state index is 12.8. The van der Waals surface area contributed by atoms with E-state index >= 15 is 0 Å². The zero-order valence-electron chi connectivity index (χ0n) is 14.8. The van der Waals surface area contributed by atoms with Crippen LogP contribution < -0.4 is 15.8 Å². The van der Waals surface area contributed by atoms with Gasteiger partial charge in [-0.15, -0.1) is 0 Å². The summed E-state index contributed by atoms with van der Waals surface area (Å²) in [7, 11) is 0. The summed E-state index contributed by atoms with van der Waals surface area (Å²) in [5.41, 5.74) is 0.135. The normalized spacial score (nSPS) is 14.4. The third-order valence-corrected chi connectivity index (χ3v) is 4.57. The monoisotopic (exact) mass is 379 g/mol. The molecule has 8 heteroatoms. The van der Waals surface area contributed by atoms with Crippen LogP contribution in [0.4, 0.5) is 24.5 Å². The zero-order valence-corrected chi connectivity index (χ0v) is 14.8. The first-order valence-corrected chi connectivity index (χ1v) is 8.68. The Balaban J connectivity index is 1.71. The molecule has 0 spiro atoms. The van der Waals surface area contributed by atoms with Gasteiger partial charge in [0, 0.05) is 30.7 Å². The first-order valence-electron chi connectivity index (χ1n) is 8.68. The lowest BCUT2D eigenvalue weighted by Gasteiger charge is -2.20. The fourth-order valence-electron chi connectivity index (χ4n) is 3.28. The lowest BCUT2D eigenvalue weighted by Crippen LogP contribution is -2.32. The predicted molar refractivity (Wildman–Crippen MR) is 97.0 cm³/mol. The lowest BCUT2D eigenvalue weighted by atomic mass is 10.1. The Morgan fingerprint density at radius 3 is 2.52 bits per heavy atom. The molecule has 0 bridgehead atoms. The largest absolute Gasteiger partial charge is 0.421 e. The summed E-state index contributed by atoms with van der Waals surface area (Å²) in [6.07, 6.45) is -1.27. The summed E-state index contributed by atoms with van der Waals surface area (Å²) in [6, 6.07) is 7.31. The molecule has 2 heterocycles. The minimum Gasteiger partial charge on any atom is -0.371 e. The van der Waals surface area contributed by atoms with E-state index in [2.05, 4.69) is 10.2 Å². The number of hydrogen-bond donors (Lipinski definition) is 1. The number of hydrogen-bond acceptors (Lipinski definition) is 3. The van der Waals surface area contributed by atoms with E-state index in [0.29, 0.717) is 11.8 Å². The number of rotatable bonds is 4. The molecule has 2 aromatic rings. The topological polar surface area (TPSA) is 54.3 Å². The molecule has 5 nitrogen and oxygen atoms in total. The third kappa shape index (κ3) is 4.32. The molecule has 0 radical (unpaired) electrons. The average molecular weight is 379 g/mol. The van der Waals surface area contributed by atoms with Crippen LogP contribution in [-0.2, 0) is 17.5 Å². The van der Waals surface area contributed by atoms with Gasteiger partial charge in [-0.05, 0) is 55.7 Å². The number of carbonyl (C=O) groups is 1. The number of amides is 1. The van der Waals surface area contributed by atoms with Crippen molar-refractivity contribution in [1.29, 1.82) is 0 Å². The summed E-state index contributed by atoms with van der Waals surface area (Å²) in [4.78, 5) is 26.4.